The number of hydrogen-bond acceptors (Lipinski definition) is 4. The molecular weight excluding hydrogens is 385 g/mol. The molecule has 0 aliphatic carbocycles. The third kappa shape index (κ3) is 6.33. The van der Waals surface area contributed by atoms with E-state index in [4.69, 9.17) is 10.5 Å². The number of carbonyl (C=O) groups is 1. The molecule has 1 amide bonds. The topological polar surface area (TPSA) is 67.6 Å². The first kappa shape index (κ1) is 24.2. The summed E-state index contributed by atoms with van der Waals surface area (Å²) in [6.07, 6.45) is 3.62. The van der Waals surface area contributed by atoms with E-state index in [1.807, 2.05) is 6.07 Å². The van der Waals surface area contributed by atoms with E-state index in [2.05, 4.69) is 41.4 Å². The number of nitrogens with zero attached hydrogens (tertiary/aromatic N) is 1. The molecule has 3 N–H and O–H groups in total. The highest BCUT2D eigenvalue weighted by Gasteiger charge is 2.36. The average Bonchev–Trinajstić information content (AvgIpc) is 2.64. The number of nitrogens with one attached hydrogen (secondary N) is 1. The standard InChI is InChI=1S/C20H31N3O2.2ClH/c1-16-7-11-23(12-8-16)18(17-5-3-2-4-6-17)15-22-19(24)20(21)9-13-25-14-10-20;;/h2-6,16,18H,7-15,21H2,1H3,(H,22,24);2*1H. The van der Waals surface area contributed by atoms with Crippen LogP contribution in [0, 0.1) is 5.92 Å². The van der Waals surface area contributed by atoms with Crippen molar-refractivity contribution in [1.82, 2.24) is 10.2 Å². The fourth-order valence-electron chi connectivity index (χ4n) is 3.80. The number of carbonyl (C=O) groups excluding carboxylic acids is 1. The first-order chi connectivity index (χ1) is 12.1. The summed E-state index contributed by atoms with van der Waals surface area (Å²) in [6.45, 7) is 6.22. The van der Waals surface area contributed by atoms with Crippen LogP contribution in [-0.2, 0) is 9.53 Å². The van der Waals surface area contributed by atoms with Gasteiger partial charge in [0.2, 0.25) is 5.91 Å². The first-order valence-electron chi connectivity index (χ1n) is 9.52. The number of benzene rings is 1. The second-order valence-electron chi connectivity index (χ2n) is 7.62. The second kappa shape index (κ2) is 11.2. The van der Waals surface area contributed by atoms with Crippen molar-refractivity contribution in [2.75, 3.05) is 32.8 Å². The van der Waals surface area contributed by atoms with Crippen LogP contribution in [0.1, 0.15) is 44.2 Å². The first-order valence-corrected chi connectivity index (χ1v) is 9.52. The fourth-order valence-corrected chi connectivity index (χ4v) is 3.80. The molecule has 154 valence electrons. The molecule has 2 aliphatic rings. The third-order valence-electron chi connectivity index (χ3n) is 5.74. The van der Waals surface area contributed by atoms with Crippen molar-refractivity contribution in [3.05, 3.63) is 35.9 Å². The van der Waals surface area contributed by atoms with Crippen molar-refractivity contribution >= 4 is 30.7 Å². The minimum Gasteiger partial charge on any atom is -0.381 e. The molecule has 0 radical (unpaired) electrons. The molecule has 5 nitrogen and oxygen atoms in total. The number of nitrogens with two attached hydrogens (primary N) is 1. The van der Waals surface area contributed by atoms with Gasteiger partial charge in [-0.05, 0) is 50.3 Å². The number of amides is 1. The summed E-state index contributed by atoms with van der Waals surface area (Å²) in [5.74, 6) is 0.749. The van der Waals surface area contributed by atoms with Gasteiger partial charge in [-0.2, -0.15) is 0 Å². The molecule has 2 aliphatic heterocycles. The Morgan fingerprint density at radius 3 is 2.41 bits per heavy atom. The second-order valence-corrected chi connectivity index (χ2v) is 7.62. The van der Waals surface area contributed by atoms with E-state index in [1.165, 1.54) is 18.4 Å². The van der Waals surface area contributed by atoms with E-state index in [9.17, 15) is 4.79 Å². The maximum atomic E-state index is 12.7. The van der Waals surface area contributed by atoms with Gasteiger partial charge in [-0.15, -0.1) is 24.8 Å². The number of hydrogen-bond donors (Lipinski definition) is 2. The minimum atomic E-state index is -0.782. The number of halogens is 2. The lowest BCUT2D eigenvalue weighted by atomic mass is 9.90. The lowest BCUT2D eigenvalue weighted by molar-refractivity contribution is -0.130. The maximum absolute atomic E-state index is 12.7. The van der Waals surface area contributed by atoms with Crippen LogP contribution in [0.15, 0.2) is 30.3 Å². The molecule has 0 bridgehead atoms. The lowest BCUT2D eigenvalue weighted by Crippen LogP contribution is -2.58. The molecule has 1 unspecified atom stereocenters. The summed E-state index contributed by atoms with van der Waals surface area (Å²) in [5, 5.41) is 3.14. The van der Waals surface area contributed by atoms with E-state index < -0.39 is 5.54 Å². The highest BCUT2D eigenvalue weighted by atomic mass is 35.5. The fraction of sp³-hybridized carbons (Fsp3) is 0.650. The van der Waals surface area contributed by atoms with E-state index in [-0.39, 0.29) is 36.8 Å². The van der Waals surface area contributed by atoms with Crippen LogP contribution in [0.5, 0.6) is 0 Å². The quantitative estimate of drug-likeness (QED) is 0.772. The number of rotatable bonds is 5. The largest absolute Gasteiger partial charge is 0.381 e. The Morgan fingerprint density at radius 2 is 1.81 bits per heavy atom. The van der Waals surface area contributed by atoms with Gasteiger partial charge in [-0.3, -0.25) is 9.69 Å². The van der Waals surface area contributed by atoms with Crippen LogP contribution in [0.4, 0.5) is 0 Å². The van der Waals surface area contributed by atoms with Gasteiger partial charge in [0, 0.05) is 19.8 Å². The Labute approximate surface area is 175 Å². The van der Waals surface area contributed by atoms with Crippen LogP contribution in [0.3, 0.4) is 0 Å². The number of likely N-dealkylation sites (tertiary alicyclic amines) is 1. The highest BCUT2D eigenvalue weighted by Crippen LogP contribution is 2.27. The number of ether oxygens (including phenoxy) is 1. The molecule has 1 atom stereocenters. The van der Waals surface area contributed by atoms with Gasteiger partial charge in [0.05, 0.1) is 11.6 Å². The number of piperidine rings is 1. The monoisotopic (exact) mass is 417 g/mol. The lowest BCUT2D eigenvalue weighted by Gasteiger charge is -2.38. The molecule has 7 heteroatoms. The Hall–Kier alpha value is -0.850. The molecule has 27 heavy (non-hydrogen) atoms. The third-order valence-corrected chi connectivity index (χ3v) is 5.74. The van der Waals surface area contributed by atoms with Gasteiger partial charge in [0.15, 0.2) is 0 Å². The van der Waals surface area contributed by atoms with Crippen LogP contribution < -0.4 is 11.1 Å². The average molecular weight is 418 g/mol. The molecule has 0 aromatic heterocycles. The van der Waals surface area contributed by atoms with Crippen molar-refractivity contribution in [3.63, 3.8) is 0 Å². The van der Waals surface area contributed by atoms with Crippen molar-refractivity contribution < 1.29 is 9.53 Å². The van der Waals surface area contributed by atoms with Crippen molar-refractivity contribution in [1.29, 1.82) is 0 Å². The summed E-state index contributed by atoms with van der Waals surface area (Å²) >= 11 is 0. The predicted molar refractivity (Wildman–Crippen MR) is 114 cm³/mol. The zero-order valence-corrected chi connectivity index (χ0v) is 17.7. The molecule has 2 fully saturated rings. The van der Waals surface area contributed by atoms with Gasteiger partial charge in [-0.1, -0.05) is 37.3 Å². The van der Waals surface area contributed by atoms with Crippen LogP contribution in [0.25, 0.3) is 0 Å². The Morgan fingerprint density at radius 1 is 1.22 bits per heavy atom. The van der Waals surface area contributed by atoms with Gasteiger partial charge in [-0.25, -0.2) is 0 Å². The van der Waals surface area contributed by atoms with Crippen molar-refractivity contribution in [2.24, 2.45) is 11.7 Å². The van der Waals surface area contributed by atoms with Crippen molar-refractivity contribution in [3.8, 4) is 0 Å². The highest BCUT2D eigenvalue weighted by molar-refractivity contribution is 5.86. The molecule has 2 saturated heterocycles. The van der Waals surface area contributed by atoms with Crippen LogP contribution in [0.2, 0.25) is 0 Å². The zero-order valence-electron chi connectivity index (χ0n) is 16.1. The smallest absolute Gasteiger partial charge is 0.240 e. The molecule has 1 aromatic rings. The predicted octanol–water partition coefficient (Wildman–Crippen LogP) is 2.93. The van der Waals surface area contributed by atoms with E-state index in [1.54, 1.807) is 0 Å². The van der Waals surface area contributed by atoms with Crippen molar-refractivity contribution in [2.45, 2.75) is 44.2 Å². The van der Waals surface area contributed by atoms with E-state index in [0.29, 0.717) is 32.6 Å². The SMILES string of the molecule is CC1CCN(C(CNC(=O)C2(N)CCOCC2)c2ccccc2)CC1.Cl.Cl. The molecule has 2 heterocycles. The molecule has 0 saturated carbocycles. The summed E-state index contributed by atoms with van der Waals surface area (Å²) in [4.78, 5) is 15.2. The molecule has 0 spiro atoms. The Kier molecular flexibility index (Phi) is 10.1. The van der Waals surface area contributed by atoms with Gasteiger partial charge < -0.3 is 15.8 Å². The van der Waals surface area contributed by atoms with Crippen LogP contribution >= 0.6 is 24.8 Å². The van der Waals surface area contributed by atoms with Gasteiger partial charge in [0.25, 0.3) is 0 Å². The molecular formula is C20H33Cl2N3O2. The normalized spacial score (nSPS) is 21.4. The Balaban J connectivity index is 0.00000182. The molecule has 3 rings (SSSR count). The maximum Gasteiger partial charge on any atom is 0.240 e. The van der Waals surface area contributed by atoms with Crippen LogP contribution in [-0.4, -0.2) is 49.2 Å². The van der Waals surface area contributed by atoms with E-state index in [0.717, 1.165) is 19.0 Å². The van der Waals surface area contributed by atoms with Gasteiger partial charge >= 0.3 is 0 Å². The summed E-state index contributed by atoms with van der Waals surface area (Å²) in [5.41, 5.74) is 6.80. The minimum absolute atomic E-state index is 0. The van der Waals surface area contributed by atoms with E-state index >= 15 is 0 Å². The Bertz CT molecular complexity index is 560. The molecule has 1 aromatic carbocycles. The summed E-state index contributed by atoms with van der Waals surface area (Å²) < 4.78 is 5.35. The summed E-state index contributed by atoms with van der Waals surface area (Å²) in [7, 11) is 0. The zero-order chi connectivity index (χ0) is 17.7. The van der Waals surface area contributed by atoms with Gasteiger partial charge in [0.1, 0.15) is 0 Å². The summed E-state index contributed by atoms with van der Waals surface area (Å²) in [6, 6.07) is 10.7.